The molecule has 284 valence electrons. The number of benzene rings is 11. The lowest BCUT2D eigenvalue weighted by atomic mass is 9.88. The van der Waals surface area contributed by atoms with E-state index in [9.17, 15) is 0 Å². The van der Waals surface area contributed by atoms with Crippen molar-refractivity contribution in [1.82, 2.24) is 0 Å². The van der Waals surface area contributed by atoms with Crippen LogP contribution in [-0.2, 0) is 0 Å². The van der Waals surface area contributed by atoms with Gasteiger partial charge in [0.1, 0.15) is 22.3 Å². The third-order valence-corrected chi connectivity index (χ3v) is 12.6. The first-order chi connectivity index (χ1) is 30.2. The van der Waals surface area contributed by atoms with E-state index in [-0.39, 0.29) is 0 Å². The van der Waals surface area contributed by atoms with Crippen LogP contribution in [0, 0.1) is 0 Å². The second kappa shape index (κ2) is 13.2. The molecule has 0 spiro atoms. The van der Waals surface area contributed by atoms with Gasteiger partial charge in [0, 0.05) is 32.9 Å². The molecule has 0 N–H and O–H groups in total. The fourth-order valence-electron chi connectivity index (χ4n) is 9.87. The molecule has 0 aliphatic carbocycles. The van der Waals surface area contributed by atoms with Crippen molar-refractivity contribution in [3.8, 4) is 22.3 Å². The van der Waals surface area contributed by atoms with Crippen LogP contribution in [0.1, 0.15) is 0 Å². The summed E-state index contributed by atoms with van der Waals surface area (Å²) < 4.78 is 13.3. The van der Waals surface area contributed by atoms with Crippen molar-refractivity contribution in [3.63, 3.8) is 0 Å². The van der Waals surface area contributed by atoms with Crippen LogP contribution in [0.4, 0.5) is 17.1 Å². The largest absolute Gasteiger partial charge is 0.456 e. The molecule has 13 aromatic rings. The number of furan rings is 2. The molecule has 13 rings (SSSR count). The highest BCUT2D eigenvalue weighted by atomic mass is 16.3. The number of anilines is 3. The van der Waals surface area contributed by atoms with E-state index < -0.39 is 0 Å². The van der Waals surface area contributed by atoms with Crippen molar-refractivity contribution in [2.75, 3.05) is 4.90 Å². The van der Waals surface area contributed by atoms with Gasteiger partial charge < -0.3 is 13.7 Å². The molecule has 0 saturated heterocycles. The van der Waals surface area contributed by atoms with Gasteiger partial charge in [0.05, 0.1) is 11.1 Å². The summed E-state index contributed by atoms with van der Waals surface area (Å²) in [6.07, 6.45) is 0. The summed E-state index contributed by atoms with van der Waals surface area (Å²) in [6, 6.07) is 76.4. The standard InChI is InChI=1S/C58H35NO2/c1-3-15-38-33-40(29-27-36(38)13-1)59(41-30-28-37-14-2-4-16-39(37)34-41)52-23-12-26-55-57(52)51-35-50(44-19-7-8-20-48(44)58(51)61-55)46-32-31-45(42-17-5-6-18-43(42)46)47-22-11-25-54-56(47)49-21-9-10-24-53(49)60-54/h1-35H. The van der Waals surface area contributed by atoms with E-state index in [0.29, 0.717) is 0 Å². The van der Waals surface area contributed by atoms with Gasteiger partial charge >= 0.3 is 0 Å². The zero-order valence-electron chi connectivity index (χ0n) is 33.0. The van der Waals surface area contributed by atoms with Crippen molar-refractivity contribution in [1.29, 1.82) is 0 Å². The van der Waals surface area contributed by atoms with Crippen LogP contribution >= 0.6 is 0 Å². The first-order valence-electron chi connectivity index (χ1n) is 20.8. The Morgan fingerprint density at radius 2 is 0.787 bits per heavy atom. The van der Waals surface area contributed by atoms with Crippen LogP contribution in [0.5, 0.6) is 0 Å². The normalized spacial score (nSPS) is 11.9. The van der Waals surface area contributed by atoms with Gasteiger partial charge in [0.2, 0.25) is 0 Å². The second-order valence-corrected chi connectivity index (χ2v) is 16.0. The zero-order chi connectivity index (χ0) is 40.0. The maximum atomic E-state index is 6.96. The highest BCUT2D eigenvalue weighted by molar-refractivity contribution is 6.24. The van der Waals surface area contributed by atoms with Crippen molar-refractivity contribution in [2.24, 2.45) is 0 Å². The molecule has 2 heterocycles. The molecule has 0 saturated carbocycles. The van der Waals surface area contributed by atoms with Crippen LogP contribution in [0.3, 0.4) is 0 Å². The maximum absolute atomic E-state index is 6.96. The lowest BCUT2D eigenvalue weighted by Crippen LogP contribution is -2.10. The molecule has 61 heavy (non-hydrogen) atoms. The molecule has 0 unspecified atom stereocenters. The summed E-state index contributed by atoms with van der Waals surface area (Å²) >= 11 is 0. The number of hydrogen-bond acceptors (Lipinski definition) is 3. The Morgan fingerprint density at radius 1 is 0.279 bits per heavy atom. The van der Waals surface area contributed by atoms with Crippen molar-refractivity contribution in [3.05, 3.63) is 212 Å². The monoisotopic (exact) mass is 777 g/mol. The molecule has 0 radical (unpaired) electrons. The van der Waals surface area contributed by atoms with Gasteiger partial charge in [-0.05, 0) is 115 Å². The summed E-state index contributed by atoms with van der Waals surface area (Å²) in [5.41, 5.74) is 11.4. The predicted octanol–water partition coefficient (Wildman–Crippen LogP) is 16.9. The summed E-state index contributed by atoms with van der Waals surface area (Å²) in [7, 11) is 0. The molecule has 0 aliphatic rings. The molecular formula is C58H35NO2. The summed E-state index contributed by atoms with van der Waals surface area (Å²) in [6.45, 7) is 0. The van der Waals surface area contributed by atoms with Gasteiger partial charge in [0.15, 0.2) is 0 Å². The minimum absolute atomic E-state index is 0.849. The number of nitrogens with zero attached hydrogens (tertiary/aromatic N) is 1. The van der Waals surface area contributed by atoms with Gasteiger partial charge in [-0.2, -0.15) is 0 Å². The Labute approximate surface area is 350 Å². The molecule has 3 heteroatoms. The molecule has 0 amide bonds. The van der Waals surface area contributed by atoms with Crippen LogP contribution in [0.2, 0.25) is 0 Å². The average molecular weight is 778 g/mol. The van der Waals surface area contributed by atoms with E-state index in [1.165, 1.54) is 54.6 Å². The van der Waals surface area contributed by atoms with Gasteiger partial charge in [-0.25, -0.2) is 0 Å². The molecule has 0 aliphatic heterocycles. The lowest BCUT2D eigenvalue weighted by molar-refractivity contribution is 0.669. The van der Waals surface area contributed by atoms with Crippen LogP contribution in [-0.4, -0.2) is 0 Å². The van der Waals surface area contributed by atoms with E-state index in [1.54, 1.807) is 0 Å². The SMILES string of the molecule is c1ccc2cc(N(c3ccc4ccccc4c3)c3cccc4oc5c6ccccc6c(-c6ccc(-c7cccc8oc9ccccc9c78)c7ccccc67)cc5c34)ccc2c1. The Morgan fingerprint density at radius 3 is 1.46 bits per heavy atom. The van der Waals surface area contributed by atoms with E-state index >= 15 is 0 Å². The third-order valence-electron chi connectivity index (χ3n) is 12.6. The zero-order valence-corrected chi connectivity index (χ0v) is 33.0. The fraction of sp³-hybridized carbons (Fsp3) is 0. The smallest absolute Gasteiger partial charge is 0.143 e. The average Bonchev–Trinajstić information content (AvgIpc) is 3.90. The predicted molar refractivity (Wildman–Crippen MR) is 257 cm³/mol. The number of fused-ring (bicyclic) bond motifs is 11. The third kappa shape index (κ3) is 5.17. The topological polar surface area (TPSA) is 29.5 Å². The Balaban J connectivity index is 1.08. The summed E-state index contributed by atoms with van der Waals surface area (Å²) in [5.74, 6) is 0. The maximum Gasteiger partial charge on any atom is 0.143 e. The number of para-hydroxylation sites is 1. The minimum atomic E-state index is 0.849. The van der Waals surface area contributed by atoms with Gasteiger partial charge in [-0.15, -0.1) is 0 Å². The molecule has 2 aromatic heterocycles. The summed E-state index contributed by atoms with van der Waals surface area (Å²) in [5, 5.41) is 13.8. The highest BCUT2D eigenvalue weighted by Crippen LogP contribution is 2.49. The van der Waals surface area contributed by atoms with E-state index in [2.05, 4.69) is 211 Å². The van der Waals surface area contributed by atoms with Crippen LogP contribution in [0.15, 0.2) is 221 Å². The Bertz CT molecular complexity index is 3830. The lowest BCUT2D eigenvalue weighted by Gasteiger charge is -2.27. The van der Waals surface area contributed by atoms with Crippen molar-refractivity contribution in [2.45, 2.75) is 0 Å². The molecular weight excluding hydrogens is 743 g/mol. The van der Waals surface area contributed by atoms with Gasteiger partial charge in [-0.1, -0.05) is 158 Å². The molecule has 3 nitrogen and oxygen atoms in total. The quantitative estimate of drug-likeness (QED) is 0.174. The van der Waals surface area contributed by atoms with E-state index in [0.717, 1.165) is 71.7 Å². The van der Waals surface area contributed by atoms with Gasteiger partial charge in [0.25, 0.3) is 0 Å². The Hall–Kier alpha value is -8.14. The van der Waals surface area contributed by atoms with Crippen LogP contribution in [0.25, 0.3) is 109 Å². The van der Waals surface area contributed by atoms with E-state index in [4.69, 9.17) is 8.83 Å². The molecule has 0 fully saturated rings. The first kappa shape index (κ1) is 33.8. The van der Waals surface area contributed by atoms with Crippen LogP contribution < -0.4 is 4.90 Å². The molecule has 11 aromatic carbocycles. The number of rotatable bonds is 5. The number of hydrogen-bond donors (Lipinski definition) is 0. The van der Waals surface area contributed by atoms with Gasteiger partial charge in [-0.3, -0.25) is 0 Å². The highest BCUT2D eigenvalue weighted by Gasteiger charge is 2.23. The molecule has 0 atom stereocenters. The minimum Gasteiger partial charge on any atom is -0.456 e. The van der Waals surface area contributed by atoms with Crippen molar-refractivity contribution >= 4 is 104 Å². The summed E-state index contributed by atoms with van der Waals surface area (Å²) in [4.78, 5) is 2.40. The van der Waals surface area contributed by atoms with E-state index in [1.807, 2.05) is 6.07 Å². The Kier molecular flexibility index (Phi) is 7.31. The first-order valence-corrected chi connectivity index (χ1v) is 20.8. The van der Waals surface area contributed by atoms with Crippen molar-refractivity contribution < 1.29 is 8.83 Å². The fourth-order valence-corrected chi connectivity index (χ4v) is 9.87. The second-order valence-electron chi connectivity index (χ2n) is 16.0. The molecule has 0 bridgehead atoms.